The number of nitrogens with zero attached hydrogens (tertiary/aromatic N) is 2. The summed E-state index contributed by atoms with van der Waals surface area (Å²) in [5, 5.41) is 9.02. The van der Waals surface area contributed by atoms with Crippen molar-refractivity contribution in [2.24, 2.45) is 0 Å². The molecule has 1 heterocycles. The van der Waals surface area contributed by atoms with E-state index >= 15 is 0 Å². The third-order valence-electron chi connectivity index (χ3n) is 3.66. The number of aromatic nitrogens is 1. The monoisotopic (exact) mass is 316 g/mol. The van der Waals surface area contributed by atoms with Gasteiger partial charge in [0.2, 0.25) is 5.91 Å². The van der Waals surface area contributed by atoms with Crippen LogP contribution in [0.4, 0.5) is 0 Å². The average molecular weight is 316 g/mol. The van der Waals surface area contributed by atoms with Crippen molar-refractivity contribution < 1.29 is 14.3 Å². The molecule has 2 rings (SSSR count). The lowest BCUT2D eigenvalue weighted by atomic mass is 10.1. The van der Waals surface area contributed by atoms with Crippen LogP contribution < -0.4 is 0 Å². The van der Waals surface area contributed by atoms with E-state index in [1.165, 1.54) is 5.56 Å². The Hall–Kier alpha value is -2.14. The lowest BCUT2D eigenvalue weighted by molar-refractivity contribution is -0.131. The normalized spacial score (nSPS) is 10.7. The molecule has 23 heavy (non-hydrogen) atoms. The van der Waals surface area contributed by atoms with Crippen molar-refractivity contribution in [2.75, 3.05) is 19.7 Å². The summed E-state index contributed by atoms with van der Waals surface area (Å²) in [6.45, 7) is 5.09. The van der Waals surface area contributed by atoms with Crippen molar-refractivity contribution in [3.63, 3.8) is 0 Å². The van der Waals surface area contributed by atoms with E-state index in [0.29, 0.717) is 37.6 Å². The number of rotatable bonds is 8. The van der Waals surface area contributed by atoms with Gasteiger partial charge in [0.1, 0.15) is 0 Å². The Labute approximate surface area is 137 Å². The number of benzene rings is 1. The Bertz CT molecular complexity index is 613. The maximum Gasteiger partial charge on any atom is 0.223 e. The molecule has 0 saturated carbocycles. The Balaban J connectivity index is 1.93. The second-order valence-corrected chi connectivity index (χ2v) is 5.59. The Morgan fingerprint density at radius 1 is 1.26 bits per heavy atom. The quantitative estimate of drug-likeness (QED) is 0.813. The van der Waals surface area contributed by atoms with Gasteiger partial charge in [0.05, 0.1) is 12.8 Å². The van der Waals surface area contributed by atoms with Gasteiger partial charge in [0.15, 0.2) is 11.7 Å². The molecule has 0 spiro atoms. The number of aliphatic hydroxyl groups is 1. The minimum absolute atomic E-state index is 0.0116. The summed E-state index contributed by atoms with van der Waals surface area (Å²) in [4.78, 5) is 18.1. The van der Waals surface area contributed by atoms with Crippen LogP contribution in [-0.2, 0) is 11.2 Å². The molecule has 1 aromatic heterocycles. The zero-order valence-corrected chi connectivity index (χ0v) is 13.8. The first-order valence-electron chi connectivity index (χ1n) is 8.04. The van der Waals surface area contributed by atoms with Crippen LogP contribution in [0.25, 0.3) is 11.3 Å². The Kier molecular flexibility index (Phi) is 6.35. The predicted octanol–water partition coefficient (Wildman–Crippen LogP) is 2.81. The van der Waals surface area contributed by atoms with E-state index in [1.807, 2.05) is 38.1 Å². The van der Waals surface area contributed by atoms with Crippen LogP contribution in [0, 0.1) is 6.92 Å². The highest BCUT2D eigenvalue weighted by atomic mass is 16.4. The number of carbonyl (C=O) groups excluding carboxylic acids is 1. The number of oxazole rings is 1. The molecular weight excluding hydrogens is 292 g/mol. The minimum Gasteiger partial charge on any atom is -0.441 e. The SMILES string of the molecule is CCCN(CCO)C(=O)CCc1ncc(-c2ccc(C)cc2)o1. The summed E-state index contributed by atoms with van der Waals surface area (Å²) < 4.78 is 5.73. The molecule has 0 atom stereocenters. The minimum atomic E-state index is -0.0116. The van der Waals surface area contributed by atoms with Crippen LogP contribution in [0.2, 0.25) is 0 Å². The molecule has 1 amide bonds. The molecule has 0 aliphatic rings. The zero-order valence-electron chi connectivity index (χ0n) is 13.8. The van der Waals surface area contributed by atoms with Crippen molar-refractivity contribution in [3.8, 4) is 11.3 Å². The van der Waals surface area contributed by atoms with Crippen molar-refractivity contribution in [1.82, 2.24) is 9.88 Å². The fourth-order valence-electron chi connectivity index (χ4n) is 2.40. The number of aryl methyl sites for hydroxylation is 2. The van der Waals surface area contributed by atoms with E-state index in [1.54, 1.807) is 11.1 Å². The van der Waals surface area contributed by atoms with Gasteiger partial charge in [-0.1, -0.05) is 36.8 Å². The summed E-state index contributed by atoms with van der Waals surface area (Å²) in [6, 6.07) is 8.04. The van der Waals surface area contributed by atoms with Gasteiger partial charge in [0.25, 0.3) is 0 Å². The first-order chi connectivity index (χ1) is 11.1. The number of hydrogen-bond acceptors (Lipinski definition) is 4. The van der Waals surface area contributed by atoms with E-state index < -0.39 is 0 Å². The van der Waals surface area contributed by atoms with Gasteiger partial charge in [-0.3, -0.25) is 4.79 Å². The molecule has 5 nitrogen and oxygen atoms in total. The first kappa shape index (κ1) is 17.2. The van der Waals surface area contributed by atoms with Gasteiger partial charge >= 0.3 is 0 Å². The molecule has 0 radical (unpaired) electrons. The summed E-state index contributed by atoms with van der Waals surface area (Å²) in [6.07, 6.45) is 3.38. The Morgan fingerprint density at radius 2 is 2.00 bits per heavy atom. The van der Waals surface area contributed by atoms with Crippen LogP contribution >= 0.6 is 0 Å². The van der Waals surface area contributed by atoms with Crippen molar-refractivity contribution in [2.45, 2.75) is 33.1 Å². The molecule has 0 fully saturated rings. The average Bonchev–Trinajstić information content (AvgIpc) is 3.02. The third-order valence-corrected chi connectivity index (χ3v) is 3.66. The third kappa shape index (κ3) is 4.93. The molecule has 1 N–H and O–H groups in total. The number of hydrogen-bond donors (Lipinski definition) is 1. The highest BCUT2D eigenvalue weighted by Gasteiger charge is 2.14. The second kappa shape index (κ2) is 8.48. The Morgan fingerprint density at radius 3 is 2.65 bits per heavy atom. The van der Waals surface area contributed by atoms with Crippen molar-refractivity contribution in [1.29, 1.82) is 0 Å². The molecule has 0 aliphatic carbocycles. The van der Waals surface area contributed by atoms with Crippen molar-refractivity contribution >= 4 is 5.91 Å². The van der Waals surface area contributed by atoms with Crippen molar-refractivity contribution in [3.05, 3.63) is 41.9 Å². The molecule has 0 bridgehead atoms. The molecule has 2 aromatic rings. The number of amides is 1. The lowest BCUT2D eigenvalue weighted by Crippen LogP contribution is -2.34. The summed E-state index contributed by atoms with van der Waals surface area (Å²) >= 11 is 0. The topological polar surface area (TPSA) is 66.6 Å². The smallest absolute Gasteiger partial charge is 0.223 e. The molecule has 124 valence electrons. The van der Waals surface area contributed by atoms with Crippen LogP contribution in [0.15, 0.2) is 34.9 Å². The second-order valence-electron chi connectivity index (χ2n) is 5.59. The largest absolute Gasteiger partial charge is 0.441 e. The van der Waals surface area contributed by atoms with Crippen LogP contribution in [0.3, 0.4) is 0 Å². The van der Waals surface area contributed by atoms with Crippen LogP contribution in [-0.4, -0.2) is 40.6 Å². The number of aliphatic hydroxyl groups excluding tert-OH is 1. The van der Waals surface area contributed by atoms with Gasteiger partial charge in [-0.25, -0.2) is 4.98 Å². The zero-order chi connectivity index (χ0) is 16.7. The first-order valence-corrected chi connectivity index (χ1v) is 8.04. The fourth-order valence-corrected chi connectivity index (χ4v) is 2.40. The molecular formula is C18H24N2O3. The van der Waals surface area contributed by atoms with E-state index in [4.69, 9.17) is 9.52 Å². The highest BCUT2D eigenvalue weighted by molar-refractivity contribution is 5.76. The van der Waals surface area contributed by atoms with E-state index in [2.05, 4.69) is 4.98 Å². The van der Waals surface area contributed by atoms with Gasteiger partial charge < -0.3 is 14.4 Å². The molecule has 0 saturated heterocycles. The lowest BCUT2D eigenvalue weighted by Gasteiger charge is -2.20. The van der Waals surface area contributed by atoms with Gasteiger partial charge in [-0.2, -0.15) is 0 Å². The van der Waals surface area contributed by atoms with Gasteiger partial charge in [-0.05, 0) is 13.3 Å². The maximum absolute atomic E-state index is 12.2. The van der Waals surface area contributed by atoms with Gasteiger partial charge in [-0.15, -0.1) is 0 Å². The van der Waals surface area contributed by atoms with E-state index in [-0.39, 0.29) is 12.5 Å². The fraction of sp³-hybridized carbons (Fsp3) is 0.444. The maximum atomic E-state index is 12.2. The summed E-state index contributed by atoms with van der Waals surface area (Å²) in [7, 11) is 0. The molecule has 0 aliphatic heterocycles. The van der Waals surface area contributed by atoms with Gasteiger partial charge in [0, 0.05) is 31.5 Å². The molecule has 1 aromatic carbocycles. The summed E-state index contributed by atoms with van der Waals surface area (Å²) in [5.41, 5.74) is 2.17. The highest BCUT2D eigenvalue weighted by Crippen LogP contribution is 2.21. The summed E-state index contributed by atoms with van der Waals surface area (Å²) in [5.74, 6) is 1.30. The molecule has 0 unspecified atom stereocenters. The van der Waals surface area contributed by atoms with Crippen LogP contribution in [0.1, 0.15) is 31.2 Å². The molecule has 5 heteroatoms. The predicted molar refractivity (Wildman–Crippen MR) is 89.0 cm³/mol. The van der Waals surface area contributed by atoms with Crippen LogP contribution in [0.5, 0.6) is 0 Å². The van der Waals surface area contributed by atoms with E-state index in [9.17, 15) is 4.79 Å². The standard InChI is InChI=1S/C18H24N2O3/c1-3-10-20(11-12-21)18(22)9-8-17-19-13-16(23-17)15-6-4-14(2)5-7-15/h4-7,13,21H,3,8-12H2,1-2H3. The van der Waals surface area contributed by atoms with E-state index in [0.717, 1.165) is 12.0 Å². The number of carbonyl (C=O) groups is 1.